The van der Waals surface area contributed by atoms with E-state index in [9.17, 15) is 0 Å². The molecule has 2 nitrogen and oxygen atoms in total. The van der Waals surface area contributed by atoms with E-state index in [0.717, 1.165) is 17.7 Å². The zero-order chi connectivity index (χ0) is 22.9. The number of para-hydroxylation sites is 1. The van der Waals surface area contributed by atoms with Gasteiger partial charge < -0.3 is 10.3 Å². The molecular formula is C32H26N2. The number of benzene rings is 5. The van der Waals surface area contributed by atoms with Crippen molar-refractivity contribution >= 4 is 21.8 Å². The molecule has 164 valence electrons. The molecule has 2 N–H and O–H groups in total. The highest BCUT2D eigenvalue weighted by Crippen LogP contribution is 2.35. The zero-order valence-electron chi connectivity index (χ0n) is 18.9. The van der Waals surface area contributed by atoms with Crippen molar-refractivity contribution in [3.05, 3.63) is 139 Å². The Morgan fingerprint density at radius 3 is 2.09 bits per heavy atom. The summed E-state index contributed by atoms with van der Waals surface area (Å²) in [6.45, 7) is 0. The van der Waals surface area contributed by atoms with Gasteiger partial charge in [0, 0.05) is 22.5 Å². The number of fused-ring (bicyclic) bond motifs is 3. The Labute approximate surface area is 199 Å². The Morgan fingerprint density at radius 2 is 1.26 bits per heavy atom. The lowest BCUT2D eigenvalue weighted by molar-refractivity contribution is 0.721. The molecule has 0 saturated heterocycles. The molecule has 0 fully saturated rings. The van der Waals surface area contributed by atoms with E-state index in [4.69, 9.17) is 5.73 Å². The molecule has 1 heterocycles. The van der Waals surface area contributed by atoms with Gasteiger partial charge in [-0.15, -0.1) is 0 Å². The Balaban J connectivity index is 1.47. The number of nitrogens with zero attached hydrogens (tertiary/aromatic N) is 1. The molecule has 0 spiro atoms. The Bertz CT molecular complexity index is 1580. The van der Waals surface area contributed by atoms with Crippen molar-refractivity contribution < 1.29 is 0 Å². The van der Waals surface area contributed by atoms with Crippen molar-refractivity contribution in [2.24, 2.45) is 5.73 Å². The molecule has 0 aliphatic rings. The van der Waals surface area contributed by atoms with Gasteiger partial charge in [0.25, 0.3) is 0 Å². The van der Waals surface area contributed by atoms with Crippen LogP contribution in [-0.4, -0.2) is 4.57 Å². The first-order valence-corrected chi connectivity index (χ1v) is 11.8. The highest BCUT2D eigenvalue weighted by atomic mass is 15.0. The molecule has 0 saturated carbocycles. The van der Waals surface area contributed by atoms with Gasteiger partial charge in [-0.05, 0) is 59.0 Å². The molecule has 34 heavy (non-hydrogen) atoms. The fourth-order valence-corrected chi connectivity index (χ4v) is 4.94. The SMILES string of the molecule is N[C@@H](Cc1ccccc1)c1cccc(-n2c3ccccc3c3cc(-c4ccccc4)ccc32)c1. The molecule has 0 aliphatic carbocycles. The van der Waals surface area contributed by atoms with E-state index in [0.29, 0.717) is 0 Å². The van der Waals surface area contributed by atoms with E-state index in [-0.39, 0.29) is 6.04 Å². The predicted molar refractivity (Wildman–Crippen MR) is 143 cm³/mol. The van der Waals surface area contributed by atoms with Crippen LogP contribution in [0.15, 0.2) is 127 Å². The number of aromatic nitrogens is 1. The third-order valence-corrected chi connectivity index (χ3v) is 6.63. The first kappa shape index (κ1) is 20.5. The molecular weight excluding hydrogens is 412 g/mol. The van der Waals surface area contributed by atoms with Crippen molar-refractivity contribution in [1.82, 2.24) is 4.57 Å². The third-order valence-electron chi connectivity index (χ3n) is 6.63. The monoisotopic (exact) mass is 438 g/mol. The second-order valence-corrected chi connectivity index (χ2v) is 8.84. The van der Waals surface area contributed by atoms with E-state index in [1.807, 2.05) is 6.07 Å². The molecule has 5 aromatic carbocycles. The maximum Gasteiger partial charge on any atom is 0.0541 e. The van der Waals surface area contributed by atoms with Crippen LogP contribution in [0.5, 0.6) is 0 Å². The smallest absolute Gasteiger partial charge is 0.0541 e. The standard InChI is InChI=1S/C32H26N2/c33-30(20-23-10-3-1-4-11-23)26-14-9-15-27(21-26)34-31-17-8-7-16-28(31)29-22-25(18-19-32(29)34)24-12-5-2-6-13-24/h1-19,21-22,30H,20,33H2/t30-/m0/s1. The van der Waals surface area contributed by atoms with Crippen LogP contribution in [0, 0.1) is 0 Å². The summed E-state index contributed by atoms with van der Waals surface area (Å²) in [5, 5.41) is 2.52. The van der Waals surface area contributed by atoms with Crippen molar-refractivity contribution in [3.8, 4) is 16.8 Å². The number of hydrogen-bond acceptors (Lipinski definition) is 1. The summed E-state index contributed by atoms with van der Waals surface area (Å²) in [6.07, 6.45) is 0.817. The number of hydrogen-bond donors (Lipinski definition) is 1. The van der Waals surface area contributed by atoms with Crippen molar-refractivity contribution in [3.63, 3.8) is 0 Å². The van der Waals surface area contributed by atoms with E-state index < -0.39 is 0 Å². The topological polar surface area (TPSA) is 30.9 Å². The lowest BCUT2D eigenvalue weighted by Gasteiger charge is -2.15. The van der Waals surface area contributed by atoms with Crippen LogP contribution in [0.3, 0.4) is 0 Å². The maximum atomic E-state index is 6.65. The minimum atomic E-state index is -0.0554. The normalized spacial score (nSPS) is 12.3. The highest BCUT2D eigenvalue weighted by Gasteiger charge is 2.14. The summed E-state index contributed by atoms with van der Waals surface area (Å²) in [6, 6.07) is 45.1. The first-order chi connectivity index (χ1) is 16.8. The molecule has 1 aromatic heterocycles. The molecule has 0 unspecified atom stereocenters. The van der Waals surface area contributed by atoms with Gasteiger partial charge >= 0.3 is 0 Å². The van der Waals surface area contributed by atoms with Crippen molar-refractivity contribution in [2.75, 3.05) is 0 Å². The predicted octanol–water partition coefficient (Wildman–Crippen LogP) is 7.69. The average Bonchev–Trinajstić information content (AvgIpc) is 3.23. The fourth-order valence-electron chi connectivity index (χ4n) is 4.94. The average molecular weight is 439 g/mol. The molecule has 0 radical (unpaired) electrons. The quantitative estimate of drug-likeness (QED) is 0.294. The van der Waals surface area contributed by atoms with Crippen LogP contribution >= 0.6 is 0 Å². The van der Waals surface area contributed by atoms with Gasteiger partial charge in [0.15, 0.2) is 0 Å². The maximum absolute atomic E-state index is 6.65. The fraction of sp³-hybridized carbons (Fsp3) is 0.0625. The lowest BCUT2D eigenvalue weighted by atomic mass is 9.99. The van der Waals surface area contributed by atoms with Crippen LogP contribution in [0.25, 0.3) is 38.6 Å². The van der Waals surface area contributed by atoms with Gasteiger partial charge in [-0.2, -0.15) is 0 Å². The molecule has 0 aliphatic heterocycles. The largest absolute Gasteiger partial charge is 0.324 e. The molecule has 0 bridgehead atoms. The molecule has 0 amide bonds. The summed E-state index contributed by atoms with van der Waals surface area (Å²) < 4.78 is 2.36. The highest BCUT2D eigenvalue weighted by molar-refractivity contribution is 6.10. The summed E-state index contributed by atoms with van der Waals surface area (Å²) in [5.41, 5.74) is 15.1. The summed E-state index contributed by atoms with van der Waals surface area (Å²) in [7, 11) is 0. The Hall–Kier alpha value is -4.14. The minimum absolute atomic E-state index is 0.0554. The second-order valence-electron chi connectivity index (χ2n) is 8.84. The van der Waals surface area contributed by atoms with E-state index in [1.54, 1.807) is 0 Å². The molecule has 6 rings (SSSR count). The van der Waals surface area contributed by atoms with E-state index in [2.05, 4.69) is 126 Å². The summed E-state index contributed by atoms with van der Waals surface area (Å²) in [5.74, 6) is 0. The molecule has 2 heteroatoms. The zero-order valence-corrected chi connectivity index (χ0v) is 18.9. The van der Waals surface area contributed by atoms with Crippen LogP contribution in [-0.2, 0) is 6.42 Å². The van der Waals surface area contributed by atoms with E-state index >= 15 is 0 Å². The molecule has 1 atom stereocenters. The Morgan fingerprint density at radius 1 is 0.559 bits per heavy atom. The van der Waals surface area contributed by atoms with Crippen LogP contribution in [0.2, 0.25) is 0 Å². The number of nitrogens with two attached hydrogens (primary N) is 1. The third kappa shape index (κ3) is 3.68. The van der Waals surface area contributed by atoms with Crippen LogP contribution in [0.1, 0.15) is 17.2 Å². The molecule has 6 aromatic rings. The van der Waals surface area contributed by atoms with Gasteiger partial charge in [-0.1, -0.05) is 97.1 Å². The van der Waals surface area contributed by atoms with Crippen LogP contribution < -0.4 is 5.73 Å². The van der Waals surface area contributed by atoms with Gasteiger partial charge in [0.1, 0.15) is 0 Å². The van der Waals surface area contributed by atoms with Crippen molar-refractivity contribution in [1.29, 1.82) is 0 Å². The summed E-state index contributed by atoms with van der Waals surface area (Å²) in [4.78, 5) is 0. The van der Waals surface area contributed by atoms with E-state index in [1.165, 1.54) is 38.5 Å². The Kier molecular flexibility index (Phi) is 5.21. The van der Waals surface area contributed by atoms with Crippen LogP contribution in [0.4, 0.5) is 0 Å². The van der Waals surface area contributed by atoms with Crippen molar-refractivity contribution in [2.45, 2.75) is 12.5 Å². The second kappa shape index (κ2) is 8.66. The van der Waals surface area contributed by atoms with Gasteiger partial charge in [0.2, 0.25) is 0 Å². The first-order valence-electron chi connectivity index (χ1n) is 11.8. The minimum Gasteiger partial charge on any atom is -0.324 e. The number of rotatable bonds is 5. The van der Waals surface area contributed by atoms with Gasteiger partial charge in [0.05, 0.1) is 11.0 Å². The lowest BCUT2D eigenvalue weighted by Crippen LogP contribution is -2.13. The summed E-state index contributed by atoms with van der Waals surface area (Å²) >= 11 is 0. The van der Waals surface area contributed by atoms with Gasteiger partial charge in [-0.25, -0.2) is 0 Å². The van der Waals surface area contributed by atoms with Gasteiger partial charge in [-0.3, -0.25) is 0 Å².